The van der Waals surface area contributed by atoms with E-state index in [-0.39, 0.29) is 11.9 Å². The maximum absolute atomic E-state index is 11.5. The summed E-state index contributed by atoms with van der Waals surface area (Å²) in [4.78, 5) is 22.5. The maximum atomic E-state index is 11.5. The molecule has 2 aromatic rings. The summed E-state index contributed by atoms with van der Waals surface area (Å²) in [5.74, 6) is 0.606. The van der Waals surface area contributed by atoms with Crippen molar-refractivity contribution in [1.82, 2.24) is 24.6 Å². The molecule has 0 radical (unpaired) electrons. The Morgan fingerprint density at radius 1 is 1.30 bits per heavy atom. The fourth-order valence-electron chi connectivity index (χ4n) is 3.20. The van der Waals surface area contributed by atoms with E-state index in [9.17, 15) is 4.79 Å². The fourth-order valence-corrected chi connectivity index (χ4v) is 3.20. The minimum Gasteiger partial charge on any atom is -0.343 e. The normalized spacial score (nSPS) is 17.9. The van der Waals surface area contributed by atoms with Gasteiger partial charge in [-0.25, -0.2) is 0 Å². The summed E-state index contributed by atoms with van der Waals surface area (Å²) in [6.07, 6.45) is 7.15. The number of amides is 1. The molecule has 6 nitrogen and oxygen atoms in total. The van der Waals surface area contributed by atoms with Crippen LogP contribution in [0.3, 0.4) is 0 Å². The minimum atomic E-state index is 0.157. The summed E-state index contributed by atoms with van der Waals surface area (Å²) in [5.41, 5.74) is 2.90. The first-order valence-electron chi connectivity index (χ1n) is 8.15. The third-order valence-corrected chi connectivity index (χ3v) is 4.39. The lowest BCUT2D eigenvalue weighted by Crippen LogP contribution is -2.26. The van der Waals surface area contributed by atoms with E-state index in [0.29, 0.717) is 5.92 Å². The Morgan fingerprint density at radius 3 is 2.78 bits per heavy atom. The number of aromatic nitrogens is 4. The predicted molar refractivity (Wildman–Crippen MR) is 87.7 cm³/mol. The summed E-state index contributed by atoms with van der Waals surface area (Å²) < 4.78 is 1.98. The quantitative estimate of drug-likeness (QED) is 0.869. The molecule has 0 spiro atoms. The summed E-state index contributed by atoms with van der Waals surface area (Å²) in [7, 11) is 0. The van der Waals surface area contributed by atoms with Gasteiger partial charge >= 0.3 is 0 Å². The van der Waals surface area contributed by atoms with Crippen molar-refractivity contribution in [2.24, 2.45) is 5.92 Å². The van der Waals surface area contributed by atoms with Crippen LogP contribution in [0.5, 0.6) is 0 Å². The molecule has 1 atom stereocenters. The minimum absolute atomic E-state index is 0.157. The van der Waals surface area contributed by atoms with Gasteiger partial charge < -0.3 is 4.90 Å². The topological polar surface area (TPSA) is 63.9 Å². The van der Waals surface area contributed by atoms with Crippen LogP contribution < -0.4 is 0 Å². The van der Waals surface area contributed by atoms with Gasteiger partial charge in [0.05, 0.1) is 11.4 Å². The average Bonchev–Trinajstić information content (AvgIpc) is 3.16. The highest BCUT2D eigenvalue weighted by atomic mass is 16.2. The molecule has 1 amide bonds. The Bertz CT molecular complexity index is 694. The number of hydrogen-bond donors (Lipinski definition) is 0. The molecule has 2 aromatic heterocycles. The van der Waals surface area contributed by atoms with Crippen molar-refractivity contribution in [2.75, 3.05) is 13.1 Å². The highest BCUT2D eigenvalue weighted by Gasteiger charge is 2.26. The summed E-state index contributed by atoms with van der Waals surface area (Å²) in [6, 6.07) is 2.26. The fraction of sp³-hybridized carbons (Fsp3) is 0.529. The molecule has 0 aromatic carbocycles. The molecule has 23 heavy (non-hydrogen) atoms. The zero-order valence-electron chi connectivity index (χ0n) is 13.9. The Kier molecular flexibility index (Phi) is 4.41. The van der Waals surface area contributed by atoms with E-state index >= 15 is 0 Å². The van der Waals surface area contributed by atoms with Gasteiger partial charge in [0.15, 0.2) is 0 Å². The Morgan fingerprint density at radius 2 is 2.09 bits per heavy atom. The van der Waals surface area contributed by atoms with Gasteiger partial charge in [0, 0.05) is 44.6 Å². The number of carbonyl (C=O) groups is 1. The van der Waals surface area contributed by atoms with Gasteiger partial charge in [0.25, 0.3) is 0 Å². The number of carbonyl (C=O) groups excluding carboxylic acids is 1. The molecular weight excluding hydrogens is 290 g/mol. The first kappa shape index (κ1) is 15.6. The highest BCUT2D eigenvalue weighted by Crippen LogP contribution is 2.27. The standard InChI is InChI=1S/C17H23N5O/c1-12(2)22-16(4-6-20-22)17-15(18-7-8-19-17)10-14-5-9-21(11-14)13(3)23/h4,6-8,12,14H,5,9-11H2,1-3H3/t14-/m0/s1. The number of hydrogen-bond acceptors (Lipinski definition) is 4. The third-order valence-electron chi connectivity index (χ3n) is 4.39. The molecule has 3 heterocycles. The third kappa shape index (κ3) is 3.25. The van der Waals surface area contributed by atoms with Crippen LogP contribution in [-0.4, -0.2) is 43.6 Å². The van der Waals surface area contributed by atoms with E-state index in [2.05, 4.69) is 28.9 Å². The van der Waals surface area contributed by atoms with E-state index < -0.39 is 0 Å². The van der Waals surface area contributed by atoms with Crippen LogP contribution >= 0.6 is 0 Å². The molecule has 0 aliphatic carbocycles. The van der Waals surface area contributed by atoms with Crippen molar-refractivity contribution in [1.29, 1.82) is 0 Å². The molecule has 0 bridgehead atoms. The van der Waals surface area contributed by atoms with Gasteiger partial charge in [-0.05, 0) is 38.7 Å². The Labute approximate surface area is 136 Å². The van der Waals surface area contributed by atoms with Gasteiger partial charge in [-0.1, -0.05) is 0 Å². The zero-order chi connectivity index (χ0) is 16.4. The van der Waals surface area contributed by atoms with Crippen molar-refractivity contribution in [2.45, 2.75) is 39.7 Å². The Balaban J connectivity index is 1.84. The smallest absolute Gasteiger partial charge is 0.219 e. The summed E-state index contributed by atoms with van der Waals surface area (Å²) >= 11 is 0. The van der Waals surface area contributed by atoms with Crippen LogP contribution in [0.15, 0.2) is 24.7 Å². The largest absolute Gasteiger partial charge is 0.343 e. The SMILES string of the molecule is CC(=O)N1CC[C@@H](Cc2nccnc2-c2ccnn2C(C)C)C1. The second-order valence-corrected chi connectivity index (χ2v) is 6.43. The van der Waals surface area contributed by atoms with Crippen molar-refractivity contribution in [3.8, 4) is 11.4 Å². The molecule has 1 aliphatic rings. The monoisotopic (exact) mass is 313 g/mol. The molecule has 1 aliphatic heterocycles. The molecular formula is C17H23N5O. The van der Waals surface area contributed by atoms with Gasteiger partial charge in [0.1, 0.15) is 5.69 Å². The highest BCUT2D eigenvalue weighted by molar-refractivity contribution is 5.73. The lowest BCUT2D eigenvalue weighted by Gasteiger charge is -2.16. The second kappa shape index (κ2) is 6.48. The van der Waals surface area contributed by atoms with Gasteiger partial charge in [-0.2, -0.15) is 5.10 Å². The number of likely N-dealkylation sites (tertiary alicyclic amines) is 1. The lowest BCUT2D eigenvalue weighted by molar-refractivity contribution is -0.127. The van der Waals surface area contributed by atoms with Crippen LogP contribution in [-0.2, 0) is 11.2 Å². The van der Waals surface area contributed by atoms with E-state index in [0.717, 1.165) is 43.0 Å². The average molecular weight is 313 g/mol. The van der Waals surface area contributed by atoms with Crippen LogP contribution in [0.1, 0.15) is 38.9 Å². The van der Waals surface area contributed by atoms with Crippen LogP contribution in [0.25, 0.3) is 11.4 Å². The van der Waals surface area contributed by atoms with Crippen molar-refractivity contribution >= 4 is 5.91 Å². The van der Waals surface area contributed by atoms with Gasteiger partial charge in [0.2, 0.25) is 5.91 Å². The molecule has 3 rings (SSSR count). The summed E-state index contributed by atoms with van der Waals surface area (Å²) in [6.45, 7) is 7.51. The molecule has 1 fully saturated rings. The zero-order valence-corrected chi connectivity index (χ0v) is 13.9. The first-order chi connectivity index (χ1) is 11.1. The van der Waals surface area contributed by atoms with Gasteiger partial charge in [-0.15, -0.1) is 0 Å². The number of rotatable bonds is 4. The molecule has 6 heteroatoms. The first-order valence-corrected chi connectivity index (χ1v) is 8.15. The van der Waals surface area contributed by atoms with Gasteiger partial charge in [-0.3, -0.25) is 19.4 Å². The van der Waals surface area contributed by atoms with E-state index in [1.165, 1.54) is 0 Å². The number of nitrogens with zero attached hydrogens (tertiary/aromatic N) is 5. The van der Waals surface area contributed by atoms with Crippen LogP contribution in [0.2, 0.25) is 0 Å². The van der Waals surface area contributed by atoms with Crippen molar-refractivity contribution in [3.05, 3.63) is 30.4 Å². The molecule has 1 saturated heterocycles. The maximum Gasteiger partial charge on any atom is 0.219 e. The summed E-state index contributed by atoms with van der Waals surface area (Å²) in [5, 5.41) is 4.40. The van der Waals surface area contributed by atoms with E-state index in [1.807, 2.05) is 15.6 Å². The molecule has 0 unspecified atom stereocenters. The van der Waals surface area contributed by atoms with E-state index in [1.54, 1.807) is 25.5 Å². The van der Waals surface area contributed by atoms with Crippen molar-refractivity contribution < 1.29 is 4.79 Å². The molecule has 122 valence electrons. The second-order valence-electron chi connectivity index (χ2n) is 6.43. The predicted octanol–water partition coefficient (Wildman–Crippen LogP) is 2.33. The Hall–Kier alpha value is -2.24. The van der Waals surface area contributed by atoms with E-state index in [4.69, 9.17) is 0 Å². The van der Waals surface area contributed by atoms with Crippen LogP contribution in [0.4, 0.5) is 0 Å². The lowest BCUT2D eigenvalue weighted by atomic mass is 10.0. The molecule has 0 N–H and O–H groups in total. The molecule has 0 saturated carbocycles. The van der Waals surface area contributed by atoms with Crippen LogP contribution in [0, 0.1) is 5.92 Å². The van der Waals surface area contributed by atoms with Crippen molar-refractivity contribution in [3.63, 3.8) is 0 Å².